The van der Waals surface area contributed by atoms with Gasteiger partial charge in [-0.05, 0) is 44.2 Å². The number of rotatable bonds is 12. The SMILES string of the molecule is CCCOc1ccc(NCCCCCO)cc1OCCC. The molecule has 0 aliphatic carbocycles. The largest absolute Gasteiger partial charge is 0.490 e. The monoisotopic (exact) mass is 295 g/mol. The summed E-state index contributed by atoms with van der Waals surface area (Å²) in [5, 5.41) is 12.1. The Morgan fingerprint density at radius 3 is 2.33 bits per heavy atom. The number of unbranched alkanes of at least 4 members (excludes halogenated alkanes) is 2. The van der Waals surface area contributed by atoms with E-state index in [1.807, 2.05) is 18.2 Å². The van der Waals surface area contributed by atoms with Crippen molar-refractivity contribution in [2.24, 2.45) is 0 Å². The first kappa shape index (κ1) is 17.6. The van der Waals surface area contributed by atoms with Gasteiger partial charge in [0, 0.05) is 24.9 Å². The van der Waals surface area contributed by atoms with Crippen molar-refractivity contribution in [2.75, 3.05) is 31.7 Å². The number of nitrogens with one attached hydrogen (secondary N) is 1. The topological polar surface area (TPSA) is 50.7 Å². The smallest absolute Gasteiger partial charge is 0.163 e. The lowest BCUT2D eigenvalue weighted by atomic mass is 10.2. The third-order valence-electron chi connectivity index (χ3n) is 3.03. The summed E-state index contributed by atoms with van der Waals surface area (Å²) in [5.74, 6) is 1.63. The number of aliphatic hydroxyl groups excluding tert-OH is 1. The number of anilines is 1. The molecule has 0 spiro atoms. The zero-order chi connectivity index (χ0) is 15.3. The van der Waals surface area contributed by atoms with Crippen LogP contribution < -0.4 is 14.8 Å². The number of aliphatic hydroxyl groups is 1. The summed E-state index contributed by atoms with van der Waals surface area (Å²) in [6.07, 6.45) is 4.93. The van der Waals surface area contributed by atoms with Gasteiger partial charge in [0.25, 0.3) is 0 Å². The molecule has 1 aromatic carbocycles. The number of hydrogen-bond donors (Lipinski definition) is 2. The predicted octanol–water partition coefficient (Wildman–Crippen LogP) is 3.84. The van der Waals surface area contributed by atoms with Gasteiger partial charge in [0.2, 0.25) is 0 Å². The molecule has 0 aromatic heterocycles. The molecule has 0 amide bonds. The second kappa shape index (κ2) is 11.3. The molecular formula is C17H29NO3. The average molecular weight is 295 g/mol. The molecule has 0 fully saturated rings. The number of benzene rings is 1. The minimum absolute atomic E-state index is 0.276. The van der Waals surface area contributed by atoms with E-state index in [0.29, 0.717) is 13.2 Å². The third-order valence-corrected chi connectivity index (χ3v) is 3.03. The molecule has 2 N–H and O–H groups in total. The van der Waals surface area contributed by atoms with Crippen LogP contribution in [0, 0.1) is 0 Å². The summed E-state index contributed by atoms with van der Waals surface area (Å²) in [5.41, 5.74) is 1.05. The Kier molecular flexibility index (Phi) is 9.46. The Morgan fingerprint density at radius 1 is 0.952 bits per heavy atom. The highest BCUT2D eigenvalue weighted by Gasteiger charge is 2.06. The second-order valence-corrected chi connectivity index (χ2v) is 5.07. The van der Waals surface area contributed by atoms with Crippen molar-refractivity contribution in [1.82, 2.24) is 0 Å². The first-order valence-electron chi connectivity index (χ1n) is 8.06. The van der Waals surface area contributed by atoms with Crippen molar-refractivity contribution in [2.45, 2.75) is 46.0 Å². The Morgan fingerprint density at radius 2 is 1.67 bits per heavy atom. The molecule has 0 bridgehead atoms. The van der Waals surface area contributed by atoms with Gasteiger partial charge in [-0.15, -0.1) is 0 Å². The molecule has 4 nitrogen and oxygen atoms in total. The average Bonchev–Trinajstić information content (AvgIpc) is 2.51. The van der Waals surface area contributed by atoms with E-state index in [-0.39, 0.29) is 6.61 Å². The van der Waals surface area contributed by atoms with Gasteiger partial charge in [-0.3, -0.25) is 0 Å². The first-order valence-corrected chi connectivity index (χ1v) is 8.06. The van der Waals surface area contributed by atoms with Gasteiger partial charge in [-0.2, -0.15) is 0 Å². The fourth-order valence-electron chi connectivity index (χ4n) is 1.92. The van der Waals surface area contributed by atoms with Crippen molar-refractivity contribution in [3.8, 4) is 11.5 Å². The summed E-state index contributed by atoms with van der Waals surface area (Å²) in [6.45, 7) is 6.77. The molecule has 0 aliphatic rings. The molecule has 0 saturated heterocycles. The maximum absolute atomic E-state index is 8.75. The molecule has 120 valence electrons. The van der Waals surface area contributed by atoms with Crippen LogP contribution in [0.4, 0.5) is 5.69 Å². The molecule has 0 unspecified atom stereocenters. The third kappa shape index (κ3) is 7.23. The lowest BCUT2D eigenvalue weighted by Gasteiger charge is -2.14. The van der Waals surface area contributed by atoms with Gasteiger partial charge in [-0.25, -0.2) is 0 Å². The van der Waals surface area contributed by atoms with E-state index in [9.17, 15) is 0 Å². The van der Waals surface area contributed by atoms with Crippen LogP contribution in [-0.2, 0) is 0 Å². The summed E-state index contributed by atoms with van der Waals surface area (Å²) >= 11 is 0. The highest BCUT2D eigenvalue weighted by molar-refractivity contribution is 5.54. The molecule has 0 radical (unpaired) electrons. The summed E-state index contributed by atoms with van der Waals surface area (Å²) in [6, 6.07) is 6.00. The van der Waals surface area contributed by atoms with Gasteiger partial charge in [-0.1, -0.05) is 13.8 Å². The second-order valence-electron chi connectivity index (χ2n) is 5.07. The van der Waals surface area contributed by atoms with Crippen LogP contribution in [0.25, 0.3) is 0 Å². The van der Waals surface area contributed by atoms with Crippen molar-refractivity contribution in [3.63, 3.8) is 0 Å². The van der Waals surface area contributed by atoms with E-state index in [2.05, 4.69) is 19.2 Å². The molecule has 4 heteroatoms. The van der Waals surface area contributed by atoms with Gasteiger partial charge < -0.3 is 19.9 Å². The molecule has 1 rings (SSSR count). The number of ether oxygens (including phenoxy) is 2. The normalized spacial score (nSPS) is 10.4. The van der Waals surface area contributed by atoms with Crippen LogP contribution in [0.3, 0.4) is 0 Å². The molecular weight excluding hydrogens is 266 g/mol. The van der Waals surface area contributed by atoms with Gasteiger partial charge in [0.15, 0.2) is 11.5 Å². The van der Waals surface area contributed by atoms with Gasteiger partial charge in [0.1, 0.15) is 0 Å². The Hall–Kier alpha value is -1.42. The van der Waals surface area contributed by atoms with Crippen LogP contribution in [0.1, 0.15) is 46.0 Å². The van der Waals surface area contributed by atoms with E-state index in [1.165, 1.54) is 0 Å². The van der Waals surface area contributed by atoms with Crippen molar-refractivity contribution in [1.29, 1.82) is 0 Å². The molecule has 0 atom stereocenters. The lowest BCUT2D eigenvalue weighted by Crippen LogP contribution is -2.04. The fourth-order valence-corrected chi connectivity index (χ4v) is 1.92. The van der Waals surface area contributed by atoms with Crippen LogP contribution in [0.5, 0.6) is 11.5 Å². The van der Waals surface area contributed by atoms with Crippen molar-refractivity contribution < 1.29 is 14.6 Å². The van der Waals surface area contributed by atoms with Crippen LogP contribution in [0.2, 0.25) is 0 Å². The molecule has 0 aliphatic heterocycles. The van der Waals surface area contributed by atoms with Crippen LogP contribution in [0.15, 0.2) is 18.2 Å². The molecule has 21 heavy (non-hydrogen) atoms. The van der Waals surface area contributed by atoms with E-state index in [0.717, 1.165) is 55.8 Å². The minimum atomic E-state index is 0.276. The van der Waals surface area contributed by atoms with E-state index in [1.54, 1.807) is 0 Å². The zero-order valence-electron chi connectivity index (χ0n) is 13.4. The Bertz CT molecular complexity index is 382. The quantitative estimate of drug-likeness (QED) is 0.575. The highest BCUT2D eigenvalue weighted by atomic mass is 16.5. The summed E-state index contributed by atoms with van der Waals surface area (Å²) < 4.78 is 11.5. The molecule has 0 heterocycles. The standard InChI is InChI=1S/C17H29NO3/c1-3-12-20-16-9-8-15(14-17(16)21-13-4-2)18-10-6-5-7-11-19/h8-9,14,18-19H,3-7,10-13H2,1-2H3. The Labute approximate surface area is 128 Å². The molecule has 1 aromatic rings. The van der Waals surface area contributed by atoms with E-state index < -0.39 is 0 Å². The molecule has 0 saturated carbocycles. The van der Waals surface area contributed by atoms with Gasteiger partial charge in [0.05, 0.1) is 13.2 Å². The summed E-state index contributed by atoms with van der Waals surface area (Å²) in [4.78, 5) is 0. The van der Waals surface area contributed by atoms with E-state index >= 15 is 0 Å². The van der Waals surface area contributed by atoms with Gasteiger partial charge >= 0.3 is 0 Å². The van der Waals surface area contributed by atoms with Crippen molar-refractivity contribution >= 4 is 5.69 Å². The minimum Gasteiger partial charge on any atom is -0.490 e. The number of hydrogen-bond acceptors (Lipinski definition) is 4. The van der Waals surface area contributed by atoms with Crippen molar-refractivity contribution in [3.05, 3.63) is 18.2 Å². The zero-order valence-corrected chi connectivity index (χ0v) is 13.4. The fraction of sp³-hybridized carbons (Fsp3) is 0.647. The van der Waals surface area contributed by atoms with Crippen LogP contribution in [-0.4, -0.2) is 31.5 Å². The maximum atomic E-state index is 8.75. The Balaban J connectivity index is 2.55. The lowest BCUT2D eigenvalue weighted by molar-refractivity contribution is 0.268. The van der Waals surface area contributed by atoms with Crippen LogP contribution >= 0.6 is 0 Å². The van der Waals surface area contributed by atoms with E-state index in [4.69, 9.17) is 14.6 Å². The predicted molar refractivity (Wildman–Crippen MR) is 87.4 cm³/mol. The first-order chi connectivity index (χ1) is 10.3. The maximum Gasteiger partial charge on any atom is 0.163 e. The highest BCUT2D eigenvalue weighted by Crippen LogP contribution is 2.30. The summed E-state index contributed by atoms with van der Waals surface area (Å²) in [7, 11) is 0.